The van der Waals surface area contributed by atoms with Crippen molar-refractivity contribution in [3.8, 4) is 6.07 Å². The van der Waals surface area contributed by atoms with Gasteiger partial charge in [0.05, 0.1) is 12.5 Å². The van der Waals surface area contributed by atoms with Crippen LogP contribution in [0.1, 0.15) is 20.3 Å². The van der Waals surface area contributed by atoms with Crippen molar-refractivity contribution in [3.05, 3.63) is 11.1 Å². The van der Waals surface area contributed by atoms with Crippen molar-refractivity contribution >= 4 is 5.91 Å². The van der Waals surface area contributed by atoms with Crippen molar-refractivity contribution < 1.29 is 4.79 Å². The Kier molecular flexibility index (Phi) is 3.66. The van der Waals surface area contributed by atoms with E-state index in [9.17, 15) is 4.79 Å². The Morgan fingerprint density at radius 1 is 1.71 bits per heavy atom. The van der Waals surface area contributed by atoms with Crippen LogP contribution < -0.4 is 10.6 Å². The monoisotopic (exact) mass is 193 g/mol. The molecule has 1 aliphatic rings. The molecule has 14 heavy (non-hydrogen) atoms. The van der Waals surface area contributed by atoms with E-state index in [4.69, 9.17) is 5.26 Å². The lowest BCUT2D eigenvalue weighted by Crippen LogP contribution is -2.39. The predicted octanol–water partition coefficient (Wildman–Crippen LogP) is 0.324. The van der Waals surface area contributed by atoms with Crippen LogP contribution >= 0.6 is 0 Å². The molecule has 2 N–H and O–H groups in total. The summed E-state index contributed by atoms with van der Waals surface area (Å²) < 4.78 is 0. The van der Waals surface area contributed by atoms with Crippen molar-refractivity contribution in [2.24, 2.45) is 0 Å². The fourth-order valence-electron chi connectivity index (χ4n) is 1.20. The number of nitriles is 1. The summed E-state index contributed by atoms with van der Waals surface area (Å²) in [6.45, 7) is 5.28. The zero-order valence-corrected chi connectivity index (χ0v) is 8.55. The average Bonchev–Trinajstić information content (AvgIpc) is 2.01. The molecule has 0 radical (unpaired) electrons. The Bertz CT molecular complexity index is 295. The highest BCUT2D eigenvalue weighted by Crippen LogP contribution is 2.08. The van der Waals surface area contributed by atoms with Gasteiger partial charge in [-0.25, -0.2) is 0 Å². The number of hydrogen-bond acceptors (Lipinski definition) is 3. The molecular formula is C10H15N3O. The van der Waals surface area contributed by atoms with Crippen LogP contribution in [0.3, 0.4) is 0 Å². The van der Waals surface area contributed by atoms with Crippen molar-refractivity contribution in [2.75, 3.05) is 13.1 Å². The Balaban J connectivity index is 2.46. The van der Waals surface area contributed by atoms with Gasteiger partial charge in [0.1, 0.15) is 0 Å². The predicted molar refractivity (Wildman–Crippen MR) is 53.4 cm³/mol. The van der Waals surface area contributed by atoms with Crippen LogP contribution in [-0.2, 0) is 4.79 Å². The molecule has 1 saturated heterocycles. The molecule has 0 saturated carbocycles. The second kappa shape index (κ2) is 4.77. The smallest absolute Gasteiger partial charge is 0.247 e. The molecule has 1 amide bonds. The van der Waals surface area contributed by atoms with Gasteiger partial charge in [-0.1, -0.05) is 0 Å². The fourth-order valence-corrected chi connectivity index (χ4v) is 1.20. The van der Waals surface area contributed by atoms with Gasteiger partial charge in [0, 0.05) is 24.7 Å². The van der Waals surface area contributed by atoms with Crippen LogP contribution in [0.5, 0.6) is 0 Å². The molecule has 0 aromatic heterocycles. The molecule has 4 nitrogen and oxygen atoms in total. The van der Waals surface area contributed by atoms with Gasteiger partial charge in [-0.3, -0.25) is 4.79 Å². The third-order valence-electron chi connectivity index (χ3n) is 2.32. The van der Waals surface area contributed by atoms with E-state index >= 15 is 0 Å². The van der Waals surface area contributed by atoms with Gasteiger partial charge < -0.3 is 10.6 Å². The minimum absolute atomic E-state index is 0.0516. The summed E-state index contributed by atoms with van der Waals surface area (Å²) in [4.78, 5) is 11.6. The molecule has 1 fully saturated rings. The molecule has 1 aliphatic heterocycles. The lowest BCUT2D eigenvalue weighted by Gasteiger charge is -2.22. The quantitative estimate of drug-likeness (QED) is 0.635. The maximum atomic E-state index is 11.6. The van der Waals surface area contributed by atoms with E-state index in [1.165, 1.54) is 0 Å². The van der Waals surface area contributed by atoms with Gasteiger partial charge >= 0.3 is 0 Å². The van der Waals surface area contributed by atoms with Crippen molar-refractivity contribution in [1.29, 1.82) is 5.26 Å². The van der Waals surface area contributed by atoms with Crippen molar-refractivity contribution in [2.45, 2.75) is 26.3 Å². The van der Waals surface area contributed by atoms with Crippen LogP contribution in [0, 0.1) is 11.3 Å². The number of nitrogens with zero attached hydrogens (tertiary/aromatic N) is 1. The van der Waals surface area contributed by atoms with Crippen molar-refractivity contribution in [1.82, 2.24) is 10.6 Å². The molecule has 1 heterocycles. The van der Waals surface area contributed by atoms with E-state index in [1.54, 1.807) is 0 Å². The summed E-state index contributed by atoms with van der Waals surface area (Å²) in [5.74, 6) is -0.0516. The van der Waals surface area contributed by atoms with Crippen LogP contribution in [-0.4, -0.2) is 25.0 Å². The maximum Gasteiger partial charge on any atom is 0.247 e. The summed E-state index contributed by atoms with van der Waals surface area (Å²) in [6, 6.07) is 1.95. The Hall–Kier alpha value is -1.34. The summed E-state index contributed by atoms with van der Waals surface area (Å²) in [5, 5.41) is 14.3. The van der Waals surface area contributed by atoms with Gasteiger partial charge in [0.2, 0.25) is 5.91 Å². The van der Waals surface area contributed by atoms with Gasteiger partial charge in [-0.05, 0) is 19.4 Å². The summed E-state index contributed by atoms with van der Waals surface area (Å²) in [5.41, 5.74) is 1.94. The van der Waals surface area contributed by atoms with E-state index in [2.05, 4.69) is 10.6 Å². The molecule has 4 heteroatoms. The first-order chi connectivity index (χ1) is 6.65. The SMILES string of the molecule is CC(C(=O)NC(C)CC#N)=C1CNC1. The third-order valence-corrected chi connectivity index (χ3v) is 2.32. The van der Waals surface area contributed by atoms with E-state index in [0.29, 0.717) is 6.42 Å². The average molecular weight is 193 g/mol. The summed E-state index contributed by atoms with van der Waals surface area (Å²) >= 11 is 0. The molecule has 0 aromatic carbocycles. The third kappa shape index (κ3) is 2.57. The minimum atomic E-state index is -0.0731. The van der Waals surface area contributed by atoms with Gasteiger partial charge in [-0.15, -0.1) is 0 Å². The Morgan fingerprint density at radius 3 is 2.79 bits per heavy atom. The molecule has 0 aromatic rings. The zero-order valence-electron chi connectivity index (χ0n) is 8.55. The van der Waals surface area contributed by atoms with Gasteiger partial charge in [0.25, 0.3) is 0 Å². The van der Waals surface area contributed by atoms with Gasteiger partial charge in [0.15, 0.2) is 0 Å². The second-order valence-corrected chi connectivity index (χ2v) is 3.57. The zero-order chi connectivity index (χ0) is 10.6. The fraction of sp³-hybridized carbons (Fsp3) is 0.600. The summed E-state index contributed by atoms with van der Waals surface area (Å²) in [6.07, 6.45) is 0.354. The molecule has 1 unspecified atom stereocenters. The Labute approximate surface area is 84.0 Å². The molecule has 76 valence electrons. The van der Waals surface area contributed by atoms with Crippen LogP contribution in [0.4, 0.5) is 0 Å². The number of nitrogens with one attached hydrogen (secondary N) is 2. The molecule has 1 atom stereocenters. The highest BCUT2D eigenvalue weighted by molar-refractivity contribution is 5.94. The first-order valence-electron chi connectivity index (χ1n) is 4.72. The lowest BCUT2D eigenvalue weighted by molar-refractivity contribution is -0.118. The lowest BCUT2D eigenvalue weighted by atomic mass is 10.0. The maximum absolute atomic E-state index is 11.6. The van der Waals surface area contributed by atoms with Crippen LogP contribution in [0.25, 0.3) is 0 Å². The normalized spacial score (nSPS) is 16.5. The molecule has 0 bridgehead atoms. The highest BCUT2D eigenvalue weighted by atomic mass is 16.1. The largest absolute Gasteiger partial charge is 0.349 e. The minimum Gasteiger partial charge on any atom is -0.349 e. The standard InChI is InChI=1S/C10H15N3O/c1-7(3-4-11)13-10(14)8(2)9-5-12-6-9/h7,12H,3,5-6H2,1-2H3,(H,13,14). The van der Waals surface area contributed by atoms with E-state index in [1.807, 2.05) is 19.9 Å². The molecular weight excluding hydrogens is 178 g/mol. The molecule has 0 spiro atoms. The number of rotatable bonds is 3. The van der Waals surface area contributed by atoms with Crippen LogP contribution in [0.15, 0.2) is 11.1 Å². The topological polar surface area (TPSA) is 64.9 Å². The Morgan fingerprint density at radius 2 is 2.36 bits per heavy atom. The highest BCUT2D eigenvalue weighted by Gasteiger charge is 2.16. The van der Waals surface area contributed by atoms with Crippen LogP contribution in [0.2, 0.25) is 0 Å². The van der Waals surface area contributed by atoms with E-state index < -0.39 is 0 Å². The van der Waals surface area contributed by atoms with E-state index in [0.717, 1.165) is 24.2 Å². The second-order valence-electron chi connectivity index (χ2n) is 3.57. The number of hydrogen-bond donors (Lipinski definition) is 2. The molecule has 0 aliphatic carbocycles. The first-order valence-corrected chi connectivity index (χ1v) is 4.72. The first kappa shape index (κ1) is 10.7. The molecule has 1 rings (SSSR count). The van der Waals surface area contributed by atoms with Crippen molar-refractivity contribution in [3.63, 3.8) is 0 Å². The summed E-state index contributed by atoms with van der Waals surface area (Å²) in [7, 11) is 0. The number of carbonyl (C=O) groups is 1. The number of amides is 1. The van der Waals surface area contributed by atoms with E-state index in [-0.39, 0.29) is 11.9 Å². The van der Waals surface area contributed by atoms with Gasteiger partial charge in [-0.2, -0.15) is 5.26 Å². The number of carbonyl (C=O) groups excluding carboxylic acids is 1.